The Balaban J connectivity index is 2.36. The number of rotatable bonds is 7. The lowest BCUT2D eigenvalue weighted by Gasteiger charge is -2.22. The summed E-state index contributed by atoms with van der Waals surface area (Å²) in [6.45, 7) is 5.60. The molecule has 0 atom stereocenters. The topological polar surface area (TPSA) is 12.5 Å². The predicted octanol–water partition coefficient (Wildman–Crippen LogP) is 2.46. The maximum Gasteiger partial charge on any atom is 0.0642 e. The minimum absolute atomic E-state index is 0.732. The molecule has 0 aliphatic carbocycles. The van der Waals surface area contributed by atoms with Gasteiger partial charge in [0.15, 0.2) is 0 Å². The van der Waals surface area contributed by atoms with E-state index in [4.69, 9.17) is 4.74 Å². The van der Waals surface area contributed by atoms with Crippen LogP contribution in [-0.2, 0) is 4.74 Å². The fourth-order valence-corrected chi connectivity index (χ4v) is 1.58. The first-order valence-electron chi connectivity index (χ1n) is 5.37. The third-order valence-electron chi connectivity index (χ3n) is 2.24. The van der Waals surface area contributed by atoms with Gasteiger partial charge in [-0.05, 0) is 19.1 Å². The molecule has 0 heterocycles. The Bertz CT molecular complexity index is 253. The molecule has 0 aliphatic heterocycles. The third-order valence-corrected chi connectivity index (χ3v) is 2.43. The fourth-order valence-electron chi connectivity index (χ4n) is 1.45. The van der Waals surface area contributed by atoms with E-state index < -0.39 is 0 Å². The fraction of sp³-hybridized carbons (Fsp3) is 0.500. The highest BCUT2D eigenvalue weighted by Gasteiger charge is 2.02. The molecule has 0 aliphatic rings. The van der Waals surface area contributed by atoms with Crippen LogP contribution in [0.1, 0.15) is 6.92 Å². The van der Waals surface area contributed by atoms with Crippen molar-refractivity contribution in [3.05, 3.63) is 30.3 Å². The van der Waals surface area contributed by atoms with E-state index in [0.717, 1.165) is 32.1 Å². The third kappa shape index (κ3) is 4.58. The Hall–Kier alpha value is -0.670. The Kier molecular flexibility index (Phi) is 6.28. The maximum absolute atomic E-state index is 5.42. The summed E-state index contributed by atoms with van der Waals surface area (Å²) in [6, 6.07) is 10.4. The average Bonchev–Trinajstić information content (AvgIpc) is 2.30. The van der Waals surface area contributed by atoms with Crippen LogP contribution < -0.4 is 4.90 Å². The molecule has 15 heavy (non-hydrogen) atoms. The summed E-state index contributed by atoms with van der Waals surface area (Å²) in [5.74, 6) is 0.789. The van der Waals surface area contributed by atoms with E-state index in [2.05, 4.69) is 48.7 Å². The van der Waals surface area contributed by atoms with E-state index in [9.17, 15) is 0 Å². The van der Waals surface area contributed by atoms with Gasteiger partial charge in [-0.25, -0.2) is 0 Å². The monoisotopic (exact) mass is 225 g/mol. The van der Waals surface area contributed by atoms with Gasteiger partial charge in [-0.2, -0.15) is 12.6 Å². The first kappa shape index (κ1) is 12.4. The van der Waals surface area contributed by atoms with Gasteiger partial charge in [0, 0.05) is 24.5 Å². The number of para-hydroxylation sites is 1. The zero-order valence-electron chi connectivity index (χ0n) is 9.22. The number of anilines is 1. The van der Waals surface area contributed by atoms with E-state index in [-0.39, 0.29) is 0 Å². The second-order valence-corrected chi connectivity index (χ2v) is 3.70. The summed E-state index contributed by atoms with van der Waals surface area (Å²) in [7, 11) is 0. The van der Waals surface area contributed by atoms with Gasteiger partial charge in [0.25, 0.3) is 0 Å². The SMILES string of the molecule is CCN(CCOCCS)c1ccccc1. The molecule has 1 aromatic carbocycles. The molecule has 2 nitrogen and oxygen atoms in total. The van der Waals surface area contributed by atoms with Crippen LogP contribution in [0.2, 0.25) is 0 Å². The normalized spacial score (nSPS) is 10.3. The second-order valence-electron chi connectivity index (χ2n) is 3.25. The van der Waals surface area contributed by atoms with Crippen molar-refractivity contribution in [3.63, 3.8) is 0 Å². The van der Waals surface area contributed by atoms with Gasteiger partial charge in [0.1, 0.15) is 0 Å². The van der Waals surface area contributed by atoms with Crippen molar-refractivity contribution in [2.24, 2.45) is 0 Å². The van der Waals surface area contributed by atoms with Gasteiger partial charge in [0.2, 0.25) is 0 Å². The van der Waals surface area contributed by atoms with E-state index in [1.807, 2.05) is 6.07 Å². The van der Waals surface area contributed by atoms with Crippen molar-refractivity contribution in [3.8, 4) is 0 Å². The van der Waals surface area contributed by atoms with E-state index in [1.165, 1.54) is 5.69 Å². The first-order chi connectivity index (χ1) is 7.38. The molecule has 0 spiro atoms. The van der Waals surface area contributed by atoms with Crippen molar-refractivity contribution in [1.82, 2.24) is 0 Å². The van der Waals surface area contributed by atoms with Crippen molar-refractivity contribution in [2.45, 2.75) is 6.92 Å². The molecular weight excluding hydrogens is 206 g/mol. The van der Waals surface area contributed by atoms with Gasteiger partial charge >= 0.3 is 0 Å². The summed E-state index contributed by atoms with van der Waals surface area (Å²) in [4.78, 5) is 2.30. The van der Waals surface area contributed by atoms with Crippen LogP contribution in [0.25, 0.3) is 0 Å². The lowest BCUT2D eigenvalue weighted by molar-refractivity contribution is 0.156. The van der Waals surface area contributed by atoms with Crippen LogP contribution in [-0.4, -0.2) is 32.1 Å². The van der Waals surface area contributed by atoms with Gasteiger partial charge in [-0.1, -0.05) is 18.2 Å². The first-order valence-corrected chi connectivity index (χ1v) is 6.00. The highest BCUT2D eigenvalue weighted by molar-refractivity contribution is 7.80. The molecular formula is C12H19NOS. The van der Waals surface area contributed by atoms with Crippen molar-refractivity contribution < 1.29 is 4.74 Å². The molecule has 0 fully saturated rings. The molecule has 0 saturated heterocycles. The average molecular weight is 225 g/mol. The summed E-state index contributed by atoms with van der Waals surface area (Å²) in [5.41, 5.74) is 1.26. The summed E-state index contributed by atoms with van der Waals surface area (Å²) in [6.07, 6.45) is 0. The number of hydrogen-bond acceptors (Lipinski definition) is 3. The van der Waals surface area contributed by atoms with Crippen LogP contribution in [0.5, 0.6) is 0 Å². The van der Waals surface area contributed by atoms with Gasteiger partial charge in [-0.15, -0.1) is 0 Å². The standard InChI is InChI=1S/C12H19NOS/c1-2-13(8-9-14-10-11-15)12-6-4-3-5-7-12/h3-7,15H,2,8-11H2,1H3. The number of benzene rings is 1. The quantitative estimate of drug-likeness (QED) is 0.565. The van der Waals surface area contributed by atoms with E-state index in [0.29, 0.717) is 0 Å². The lowest BCUT2D eigenvalue weighted by atomic mass is 10.3. The minimum Gasteiger partial charge on any atom is -0.379 e. The smallest absolute Gasteiger partial charge is 0.0642 e. The highest BCUT2D eigenvalue weighted by atomic mass is 32.1. The molecule has 0 saturated carbocycles. The molecule has 0 radical (unpaired) electrons. The molecule has 3 heteroatoms. The van der Waals surface area contributed by atoms with Gasteiger partial charge < -0.3 is 9.64 Å². The zero-order chi connectivity index (χ0) is 10.9. The molecule has 1 aromatic rings. The molecule has 0 bridgehead atoms. The van der Waals surface area contributed by atoms with Gasteiger partial charge in [0.05, 0.1) is 13.2 Å². The molecule has 84 valence electrons. The number of nitrogens with zero attached hydrogens (tertiary/aromatic N) is 1. The lowest BCUT2D eigenvalue weighted by Crippen LogP contribution is -2.27. The molecule has 0 aromatic heterocycles. The van der Waals surface area contributed by atoms with Gasteiger partial charge in [-0.3, -0.25) is 0 Å². The Morgan fingerprint density at radius 1 is 1.20 bits per heavy atom. The summed E-state index contributed by atoms with van der Waals surface area (Å²) >= 11 is 4.10. The van der Waals surface area contributed by atoms with Crippen molar-refractivity contribution >= 4 is 18.3 Å². The molecule has 0 amide bonds. The number of likely N-dealkylation sites (N-methyl/N-ethyl adjacent to an activating group) is 1. The van der Waals surface area contributed by atoms with E-state index in [1.54, 1.807) is 0 Å². The summed E-state index contributed by atoms with van der Waals surface area (Å²) in [5, 5.41) is 0. The zero-order valence-corrected chi connectivity index (χ0v) is 10.1. The van der Waals surface area contributed by atoms with Crippen LogP contribution in [0.3, 0.4) is 0 Å². The highest BCUT2D eigenvalue weighted by Crippen LogP contribution is 2.11. The molecule has 0 unspecified atom stereocenters. The second kappa shape index (κ2) is 7.60. The van der Waals surface area contributed by atoms with Crippen molar-refractivity contribution in [2.75, 3.05) is 37.0 Å². The Morgan fingerprint density at radius 2 is 1.93 bits per heavy atom. The summed E-state index contributed by atoms with van der Waals surface area (Å²) < 4.78 is 5.42. The Labute approximate surface area is 97.6 Å². The van der Waals surface area contributed by atoms with Crippen LogP contribution in [0.4, 0.5) is 5.69 Å². The van der Waals surface area contributed by atoms with Crippen LogP contribution in [0, 0.1) is 0 Å². The number of ether oxygens (including phenoxy) is 1. The largest absolute Gasteiger partial charge is 0.379 e. The number of thiol groups is 1. The Morgan fingerprint density at radius 3 is 2.53 bits per heavy atom. The molecule has 1 rings (SSSR count). The number of hydrogen-bond donors (Lipinski definition) is 1. The van der Waals surface area contributed by atoms with Crippen molar-refractivity contribution in [1.29, 1.82) is 0 Å². The predicted molar refractivity (Wildman–Crippen MR) is 69.0 cm³/mol. The maximum atomic E-state index is 5.42. The van der Waals surface area contributed by atoms with E-state index >= 15 is 0 Å². The molecule has 0 N–H and O–H groups in total. The van der Waals surface area contributed by atoms with Crippen LogP contribution in [0.15, 0.2) is 30.3 Å². The minimum atomic E-state index is 0.732. The van der Waals surface area contributed by atoms with Crippen LogP contribution >= 0.6 is 12.6 Å².